The fourth-order valence-electron chi connectivity index (χ4n) is 2.74. The van der Waals surface area contributed by atoms with Gasteiger partial charge in [0.2, 0.25) is 10.0 Å². The quantitative estimate of drug-likeness (QED) is 0.799. The molecule has 2 aliphatic rings. The van der Waals surface area contributed by atoms with Crippen molar-refractivity contribution in [1.82, 2.24) is 4.90 Å². The van der Waals surface area contributed by atoms with E-state index in [-0.39, 0.29) is 18.2 Å². The van der Waals surface area contributed by atoms with Gasteiger partial charge in [0.25, 0.3) is 5.91 Å². The van der Waals surface area contributed by atoms with Crippen molar-refractivity contribution in [2.75, 3.05) is 42.9 Å². The van der Waals surface area contributed by atoms with Crippen molar-refractivity contribution in [3.05, 3.63) is 24.3 Å². The number of nitrogens with zero attached hydrogens (tertiary/aromatic N) is 2. The zero-order valence-electron chi connectivity index (χ0n) is 13.0. The van der Waals surface area contributed by atoms with Crippen molar-refractivity contribution < 1.29 is 22.7 Å². The average molecular weight is 340 g/mol. The number of amides is 1. The molecule has 126 valence electrons. The fraction of sp³-hybridized carbons (Fsp3) is 0.533. The van der Waals surface area contributed by atoms with Gasteiger partial charge in [-0.1, -0.05) is 12.1 Å². The highest BCUT2D eigenvalue weighted by atomic mass is 32.2. The number of fused-ring (bicyclic) bond motifs is 1. The van der Waals surface area contributed by atoms with Crippen LogP contribution >= 0.6 is 0 Å². The maximum Gasteiger partial charge on any atom is 0.265 e. The molecule has 0 bridgehead atoms. The van der Waals surface area contributed by atoms with Crippen LogP contribution < -0.4 is 9.04 Å². The first kappa shape index (κ1) is 16.1. The van der Waals surface area contributed by atoms with E-state index in [0.717, 1.165) is 0 Å². The summed E-state index contributed by atoms with van der Waals surface area (Å²) in [5.41, 5.74) is 0.486. The summed E-state index contributed by atoms with van der Waals surface area (Å²) >= 11 is 0. The molecule has 1 fully saturated rings. The van der Waals surface area contributed by atoms with E-state index in [0.29, 0.717) is 37.7 Å². The Hall–Kier alpha value is -1.80. The van der Waals surface area contributed by atoms with Crippen molar-refractivity contribution in [3.63, 3.8) is 0 Å². The Morgan fingerprint density at radius 1 is 1.26 bits per heavy atom. The molecule has 0 saturated carbocycles. The minimum Gasteiger partial charge on any atom is -0.476 e. The molecule has 0 spiro atoms. The number of morpholine rings is 1. The molecular formula is C15H20N2O5S. The second kappa shape index (κ2) is 6.37. The van der Waals surface area contributed by atoms with Crippen LogP contribution in [0.2, 0.25) is 0 Å². The Labute approximate surface area is 135 Å². The molecule has 2 heterocycles. The van der Waals surface area contributed by atoms with Crippen molar-refractivity contribution in [2.45, 2.75) is 13.0 Å². The molecule has 1 atom stereocenters. The number of hydrogen-bond donors (Lipinski definition) is 0. The molecule has 23 heavy (non-hydrogen) atoms. The lowest BCUT2D eigenvalue weighted by Crippen LogP contribution is -2.54. The van der Waals surface area contributed by atoms with Gasteiger partial charge in [0.15, 0.2) is 6.10 Å². The van der Waals surface area contributed by atoms with Crippen LogP contribution in [0.25, 0.3) is 0 Å². The van der Waals surface area contributed by atoms with Gasteiger partial charge in [0.05, 0.1) is 31.2 Å². The van der Waals surface area contributed by atoms with Gasteiger partial charge in [-0.3, -0.25) is 9.10 Å². The number of para-hydroxylation sites is 2. The lowest BCUT2D eigenvalue weighted by atomic mass is 10.2. The summed E-state index contributed by atoms with van der Waals surface area (Å²) in [6.45, 7) is 3.58. The van der Waals surface area contributed by atoms with Gasteiger partial charge in [0, 0.05) is 13.1 Å². The van der Waals surface area contributed by atoms with Crippen LogP contribution in [0, 0.1) is 0 Å². The predicted molar refractivity (Wildman–Crippen MR) is 85.1 cm³/mol. The summed E-state index contributed by atoms with van der Waals surface area (Å²) in [5.74, 6) is 0.196. The van der Waals surface area contributed by atoms with E-state index in [1.165, 1.54) is 4.31 Å². The number of hydrogen-bond acceptors (Lipinski definition) is 5. The van der Waals surface area contributed by atoms with E-state index in [4.69, 9.17) is 9.47 Å². The van der Waals surface area contributed by atoms with Gasteiger partial charge in [-0.25, -0.2) is 8.42 Å². The van der Waals surface area contributed by atoms with Crippen LogP contribution in [0.4, 0.5) is 5.69 Å². The van der Waals surface area contributed by atoms with Gasteiger partial charge >= 0.3 is 0 Å². The van der Waals surface area contributed by atoms with Gasteiger partial charge in [0.1, 0.15) is 5.75 Å². The number of sulfonamides is 1. The standard InChI is InChI=1S/C15H20N2O5S/c1-2-23(19,20)17-11-14(15(18)16-7-9-21-10-8-16)22-13-6-4-3-5-12(13)17/h3-6,14H,2,7-11H2,1H3/t14-/m0/s1. The highest BCUT2D eigenvalue weighted by Gasteiger charge is 2.37. The summed E-state index contributed by atoms with van der Waals surface area (Å²) in [5, 5.41) is 0. The highest BCUT2D eigenvalue weighted by molar-refractivity contribution is 7.92. The Morgan fingerprint density at radius 3 is 2.65 bits per heavy atom. The predicted octanol–water partition coefficient (Wildman–Crippen LogP) is 0.463. The van der Waals surface area contributed by atoms with E-state index in [9.17, 15) is 13.2 Å². The van der Waals surface area contributed by atoms with Crippen LogP contribution in [0.5, 0.6) is 5.75 Å². The third-order valence-corrected chi connectivity index (χ3v) is 5.78. The van der Waals surface area contributed by atoms with Crippen LogP contribution in [0.15, 0.2) is 24.3 Å². The summed E-state index contributed by atoms with van der Waals surface area (Å²) in [7, 11) is -3.47. The second-order valence-electron chi connectivity index (χ2n) is 5.44. The zero-order chi connectivity index (χ0) is 16.4. The first-order chi connectivity index (χ1) is 11.0. The van der Waals surface area contributed by atoms with Gasteiger partial charge < -0.3 is 14.4 Å². The van der Waals surface area contributed by atoms with Crippen molar-refractivity contribution in [2.24, 2.45) is 0 Å². The molecule has 1 amide bonds. The summed E-state index contributed by atoms with van der Waals surface area (Å²) in [6.07, 6.45) is -0.829. The Bertz CT molecular complexity index is 685. The maximum atomic E-state index is 12.6. The summed E-state index contributed by atoms with van der Waals surface area (Å²) in [6, 6.07) is 6.89. The number of rotatable bonds is 3. The van der Waals surface area contributed by atoms with E-state index in [1.807, 2.05) is 0 Å². The Balaban J connectivity index is 1.89. The lowest BCUT2D eigenvalue weighted by Gasteiger charge is -2.37. The van der Waals surface area contributed by atoms with Gasteiger partial charge in [-0.05, 0) is 19.1 Å². The summed E-state index contributed by atoms with van der Waals surface area (Å²) in [4.78, 5) is 14.3. The largest absolute Gasteiger partial charge is 0.476 e. The van der Waals surface area contributed by atoms with Crippen molar-refractivity contribution >= 4 is 21.6 Å². The minimum absolute atomic E-state index is 0.00335. The first-order valence-corrected chi connectivity index (χ1v) is 9.26. The topological polar surface area (TPSA) is 76.2 Å². The van der Waals surface area contributed by atoms with E-state index < -0.39 is 16.1 Å². The van der Waals surface area contributed by atoms with E-state index >= 15 is 0 Å². The molecule has 1 saturated heterocycles. The van der Waals surface area contributed by atoms with Crippen molar-refractivity contribution in [1.29, 1.82) is 0 Å². The van der Waals surface area contributed by atoms with Gasteiger partial charge in [-0.2, -0.15) is 0 Å². The molecule has 3 rings (SSSR count). The first-order valence-electron chi connectivity index (χ1n) is 7.65. The monoisotopic (exact) mass is 340 g/mol. The SMILES string of the molecule is CCS(=O)(=O)N1C[C@@H](C(=O)N2CCOCC2)Oc2ccccc21. The number of anilines is 1. The fourth-order valence-corrected chi connectivity index (χ4v) is 3.86. The molecule has 1 aromatic carbocycles. The molecular weight excluding hydrogens is 320 g/mol. The second-order valence-corrected chi connectivity index (χ2v) is 7.63. The third-order valence-electron chi connectivity index (χ3n) is 4.03. The van der Waals surface area contributed by atoms with Crippen molar-refractivity contribution in [3.8, 4) is 5.75 Å². The highest BCUT2D eigenvalue weighted by Crippen LogP contribution is 2.35. The summed E-state index contributed by atoms with van der Waals surface area (Å²) < 4.78 is 37.1. The van der Waals surface area contributed by atoms with Crippen LogP contribution in [0.1, 0.15) is 6.92 Å². The number of carbonyl (C=O) groups is 1. The van der Waals surface area contributed by atoms with E-state index in [1.54, 1.807) is 36.1 Å². The number of ether oxygens (including phenoxy) is 2. The van der Waals surface area contributed by atoms with Crippen LogP contribution in [-0.2, 0) is 19.6 Å². The molecule has 2 aliphatic heterocycles. The maximum absolute atomic E-state index is 12.6. The molecule has 0 aliphatic carbocycles. The minimum atomic E-state index is -3.47. The molecule has 0 N–H and O–H groups in total. The van der Waals surface area contributed by atoms with Gasteiger partial charge in [-0.15, -0.1) is 0 Å². The molecule has 0 aromatic heterocycles. The molecule has 0 unspecified atom stereocenters. The normalized spacial score (nSPS) is 21.5. The smallest absolute Gasteiger partial charge is 0.265 e. The molecule has 8 heteroatoms. The number of benzene rings is 1. The van der Waals surface area contributed by atoms with E-state index in [2.05, 4.69) is 0 Å². The lowest BCUT2D eigenvalue weighted by molar-refractivity contribution is -0.142. The Morgan fingerprint density at radius 2 is 1.96 bits per heavy atom. The average Bonchev–Trinajstić information content (AvgIpc) is 2.60. The van der Waals surface area contributed by atoms with Crippen LogP contribution in [0.3, 0.4) is 0 Å². The number of carbonyl (C=O) groups excluding carboxylic acids is 1. The molecule has 7 nitrogen and oxygen atoms in total. The molecule has 1 aromatic rings. The third kappa shape index (κ3) is 3.13. The Kier molecular flexibility index (Phi) is 4.45. The molecule has 0 radical (unpaired) electrons. The zero-order valence-corrected chi connectivity index (χ0v) is 13.8. The van der Waals surface area contributed by atoms with Crippen LogP contribution in [-0.4, -0.2) is 63.9 Å².